The van der Waals surface area contributed by atoms with Crippen LogP contribution in [0, 0.1) is 0 Å². The number of carbonyl (C=O) groups is 1. The van der Waals surface area contributed by atoms with Crippen LogP contribution in [0.25, 0.3) is 10.9 Å². The van der Waals surface area contributed by atoms with Gasteiger partial charge < -0.3 is 14.8 Å². The Labute approximate surface area is 154 Å². The number of piperidine rings is 1. The molecule has 0 aliphatic carbocycles. The number of para-hydroxylation sites is 1. The van der Waals surface area contributed by atoms with Crippen molar-refractivity contribution in [1.29, 1.82) is 0 Å². The number of aromatic amines is 1. The molecule has 25 heavy (non-hydrogen) atoms. The average molecular weight is 360 g/mol. The molecule has 1 unspecified atom stereocenters. The summed E-state index contributed by atoms with van der Waals surface area (Å²) < 4.78 is 0. The minimum absolute atomic E-state index is 0.0623. The smallest absolute Gasteiger partial charge is 0.272 e. The zero-order valence-corrected chi connectivity index (χ0v) is 15.4. The Morgan fingerprint density at radius 1 is 1.12 bits per heavy atom. The van der Waals surface area contributed by atoms with Gasteiger partial charge in [-0.25, -0.2) is 0 Å². The Kier molecular flexibility index (Phi) is 5.00. The Hall–Kier alpha value is -1.52. The Balaban J connectivity index is 1.52. The molecule has 2 saturated heterocycles. The third-order valence-corrected chi connectivity index (χ3v) is 6.11. The molecule has 5 heteroatoms. The molecule has 2 aliphatic heterocycles. The molecule has 4 nitrogen and oxygen atoms in total. The highest BCUT2D eigenvalue weighted by Crippen LogP contribution is 2.30. The summed E-state index contributed by atoms with van der Waals surface area (Å²) in [6.07, 6.45) is 7.12. The van der Waals surface area contributed by atoms with Crippen molar-refractivity contribution >= 4 is 28.4 Å². The second kappa shape index (κ2) is 7.38. The molecule has 2 fully saturated rings. The molecule has 4 rings (SSSR count). The van der Waals surface area contributed by atoms with E-state index in [1.165, 1.54) is 32.4 Å². The standard InChI is InChI=1S/C20H26ClN3O/c21-18-16-8-1-2-9-17(16)22-19(18)20(25)24-13-4-3-7-15(24)10-14-23-11-5-6-12-23/h1-2,8-9,15,22H,3-7,10-14H2. The number of fused-ring (bicyclic) bond motifs is 1. The third-order valence-electron chi connectivity index (χ3n) is 5.72. The summed E-state index contributed by atoms with van der Waals surface area (Å²) >= 11 is 6.51. The summed E-state index contributed by atoms with van der Waals surface area (Å²) in [5.74, 6) is 0.0623. The fraction of sp³-hybridized carbons (Fsp3) is 0.550. The number of hydrogen-bond donors (Lipinski definition) is 1. The minimum Gasteiger partial charge on any atom is -0.349 e. The lowest BCUT2D eigenvalue weighted by molar-refractivity contribution is 0.0583. The number of amides is 1. The zero-order chi connectivity index (χ0) is 17.2. The summed E-state index contributed by atoms with van der Waals surface area (Å²) in [7, 11) is 0. The molecule has 0 saturated carbocycles. The van der Waals surface area contributed by atoms with E-state index >= 15 is 0 Å². The molecule has 3 heterocycles. The quantitative estimate of drug-likeness (QED) is 0.883. The van der Waals surface area contributed by atoms with Gasteiger partial charge in [0.2, 0.25) is 0 Å². The van der Waals surface area contributed by atoms with Crippen molar-refractivity contribution in [2.75, 3.05) is 26.2 Å². The highest BCUT2D eigenvalue weighted by molar-refractivity contribution is 6.38. The molecule has 0 radical (unpaired) electrons. The number of aromatic nitrogens is 1. The Morgan fingerprint density at radius 3 is 2.68 bits per heavy atom. The first-order valence-corrected chi connectivity index (χ1v) is 9.91. The molecular weight excluding hydrogens is 334 g/mol. The number of likely N-dealkylation sites (tertiary alicyclic amines) is 2. The number of nitrogens with one attached hydrogen (secondary N) is 1. The van der Waals surface area contributed by atoms with Crippen LogP contribution < -0.4 is 0 Å². The maximum Gasteiger partial charge on any atom is 0.272 e. The molecule has 134 valence electrons. The van der Waals surface area contributed by atoms with E-state index < -0.39 is 0 Å². The van der Waals surface area contributed by atoms with Crippen LogP contribution in [0.2, 0.25) is 5.02 Å². The molecule has 0 bridgehead atoms. The largest absolute Gasteiger partial charge is 0.349 e. The normalized spacial score (nSPS) is 22.0. The van der Waals surface area contributed by atoms with Gasteiger partial charge >= 0.3 is 0 Å². The van der Waals surface area contributed by atoms with Gasteiger partial charge in [-0.3, -0.25) is 4.79 Å². The monoisotopic (exact) mass is 359 g/mol. The van der Waals surface area contributed by atoms with E-state index in [4.69, 9.17) is 11.6 Å². The van der Waals surface area contributed by atoms with Crippen LogP contribution in [-0.4, -0.2) is 52.9 Å². The van der Waals surface area contributed by atoms with Crippen molar-refractivity contribution in [3.63, 3.8) is 0 Å². The second-order valence-corrected chi connectivity index (χ2v) is 7.72. The summed E-state index contributed by atoms with van der Waals surface area (Å²) in [6, 6.07) is 8.19. The Morgan fingerprint density at radius 2 is 1.88 bits per heavy atom. The first-order chi connectivity index (χ1) is 12.2. The van der Waals surface area contributed by atoms with Crippen molar-refractivity contribution in [2.45, 2.75) is 44.6 Å². The number of benzene rings is 1. The van der Waals surface area contributed by atoms with Gasteiger partial charge in [-0.2, -0.15) is 0 Å². The molecule has 0 spiro atoms. The highest BCUT2D eigenvalue weighted by atomic mass is 35.5. The lowest BCUT2D eigenvalue weighted by Gasteiger charge is -2.36. The highest BCUT2D eigenvalue weighted by Gasteiger charge is 2.30. The lowest BCUT2D eigenvalue weighted by atomic mass is 9.98. The van der Waals surface area contributed by atoms with Gasteiger partial charge in [0.15, 0.2) is 0 Å². The van der Waals surface area contributed by atoms with Gasteiger partial charge in [-0.05, 0) is 57.7 Å². The second-order valence-electron chi connectivity index (χ2n) is 7.35. The van der Waals surface area contributed by atoms with Crippen molar-refractivity contribution in [2.24, 2.45) is 0 Å². The van der Waals surface area contributed by atoms with E-state index in [0.717, 1.165) is 43.3 Å². The molecule has 1 aromatic heterocycles. The molecule has 2 aromatic rings. The molecule has 2 aliphatic rings. The molecule has 1 aromatic carbocycles. The molecular formula is C20H26ClN3O. The van der Waals surface area contributed by atoms with Crippen LogP contribution in [0.1, 0.15) is 49.0 Å². The van der Waals surface area contributed by atoms with E-state index in [-0.39, 0.29) is 5.91 Å². The first kappa shape index (κ1) is 16.9. The van der Waals surface area contributed by atoms with Crippen molar-refractivity contribution in [1.82, 2.24) is 14.8 Å². The van der Waals surface area contributed by atoms with Crippen LogP contribution in [0.4, 0.5) is 0 Å². The average Bonchev–Trinajstić information content (AvgIpc) is 3.28. The number of rotatable bonds is 4. The predicted molar refractivity (Wildman–Crippen MR) is 102 cm³/mol. The van der Waals surface area contributed by atoms with Gasteiger partial charge in [0.1, 0.15) is 5.69 Å². The first-order valence-electron chi connectivity index (χ1n) is 9.53. The van der Waals surface area contributed by atoms with Crippen LogP contribution in [0.3, 0.4) is 0 Å². The summed E-state index contributed by atoms with van der Waals surface area (Å²) in [4.78, 5) is 21.0. The maximum atomic E-state index is 13.2. The van der Waals surface area contributed by atoms with E-state index in [2.05, 4.69) is 14.8 Å². The Bertz CT molecular complexity index is 750. The summed E-state index contributed by atoms with van der Waals surface area (Å²) in [5.41, 5.74) is 1.48. The zero-order valence-electron chi connectivity index (χ0n) is 14.6. The molecule has 1 amide bonds. The number of nitrogens with zero attached hydrogens (tertiary/aromatic N) is 2. The lowest BCUT2D eigenvalue weighted by Crippen LogP contribution is -2.45. The number of carbonyl (C=O) groups excluding carboxylic acids is 1. The van der Waals surface area contributed by atoms with E-state index in [1.54, 1.807) is 0 Å². The van der Waals surface area contributed by atoms with Crippen LogP contribution in [0.5, 0.6) is 0 Å². The summed E-state index contributed by atoms with van der Waals surface area (Å²) in [5, 5.41) is 1.49. The van der Waals surface area contributed by atoms with E-state index in [1.807, 2.05) is 24.3 Å². The van der Waals surface area contributed by atoms with E-state index in [0.29, 0.717) is 16.8 Å². The number of halogens is 1. The molecule has 1 atom stereocenters. The van der Waals surface area contributed by atoms with Crippen molar-refractivity contribution in [3.05, 3.63) is 35.0 Å². The number of H-pyrrole nitrogens is 1. The van der Waals surface area contributed by atoms with Gasteiger partial charge in [-0.1, -0.05) is 29.8 Å². The SMILES string of the molecule is O=C(c1[nH]c2ccccc2c1Cl)N1CCCCC1CCN1CCCC1. The minimum atomic E-state index is 0.0623. The third kappa shape index (κ3) is 3.42. The van der Waals surface area contributed by atoms with Crippen LogP contribution in [-0.2, 0) is 0 Å². The van der Waals surface area contributed by atoms with Crippen molar-refractivity contribution < 1.29 is 4.79 Å². The number of hydrogen-bond acceptors (Lipinski definition) is 2. The van der Waals surface area contributed by atoms with Gasteiger partial charge in [0.05, 0.1) is 5.02 Å². The van der Waals surface area contributed by atoms with Crippen LogP contribution >= 0.6 is 11.6 Å². The van der Waals surface area contributed by atoms with Crippen LogP contribution in [0.15, 0.2) is 24.3 Å². The fourth-order valence-corrected chi connectivity index (χ4v) is 4.60. The fourth-order valence-electron chi connectivity index (χ4n) is 4.30. The van der Waals surface area contributed by atoms with Crippen molar-refractivity contribution in [3.8, 4) is 0 Å². The summed E-state index contributed by atoms with van der Waals surface area (Å²) in [6.45, 7) is 4.38. The van der Waals surface area contributed by atoms with E-state index in [9.17, 15) is 4.79 Å². The van der Waals surface area contributed by atoms with Gasteiger partial charge in [0, 0.05) is 30.0 Å². The molecule has 1 N–H and O–H groups in total. The topological polar surface area (TPSA) is 39.3 Å². The van der Waals surface area contributed by atoms with Gasteiger partial charge in [-0.15, -0.1) is 0 Å². The predicted octanol–water partition coefficient (Wildman–Crippen LogP) is 4.30. The maximum absolute atomic E-state index is 13.2. The van der Waals surface area contributed by atoms with Gasteiger partial charge in [0.25, 0.3) is 5.91 Å².